The van der Waals surface area contributed by atoms with E-state index in [-0.39, 0.29) is 18.1 Å². The summed E-state index contributed by atoms with van der Waals surface area (Å²) in [5.41, 5.74) is 0.816. The quantitative estimate of drug-likeness (QED) is 0.600. The number of nitrogens with one attached hydrogen (secondary N) is 1. The molecule has 3 heterocycles. The van der Waals surface area contributed by atoms with Gasteiger partial charge in [0.1, 0.15) is 22.9 Å². The standard InChI is InChI=1S/C23H26N6O4/c1-23(2,3)33-22(30)29-13-16(14-29)27-20-12-24-11-19(28-20)15-9-25-21(26-10-15)32-18-7-5-6-17(8-18)31-4/h5-12,16H,13-14H2,1-4H3,(H,27,28). The van der Waals surface area contributed by atoms with Crippen LogP contribution in [-0.4, -0.2) is 62.8 Å². The summed E-state index contributed by atoms with van der Waals surface area (Å²) in [5.74, 6) is 1.87. The number of carbonyl (C=O) groups is 1. The first kappa shape index (κ1) is 22.3. The molecule has 1 amide bonds. The number of nitrogens with zero attached hydrogens (tertiary/aromatic N) is 5. The van der Waals surface area contributed by atoms with Crippen LogP contribution in [-0.2, 0) is 4.74 Å². The minimum atomic E-state index is -0.508. The van der Waals surface area contributed by atoms with E-state index in [1.165, 1.54) is 0 Å². The van der Waals surface area contributed by atoms with E-state index in [4.69, 9.17) is 14.2 Å². The second-order valence-corrected chi connectivity index (χ2v) is 8.55. The van der Waals surface area contributed by atoms with Gasteiger partial charge >= 0.3 is 12.1 Å². The van der Waals surface area contributed by atoms with Crippen LogP contribution in [0.5, 0.6) is 17.5 Å². The molecule has 1 fully saturated rings. The highest BCUT2D eigenvalue weighted by Crippen LogP contribution is 2.24. The molecule has 1 saturated heterocycles. The van der Waals surface area contributed by atoms with Crippen molar-refractivity contribution < 1.29 is 19.0 Å². The van der Waals surface area contributed by atoms with Gasteiger partial charge in [-0.15, -0.1) is 0 Å². The molecule has 10 heteroatoms. The molecule has 10 nitrogen and oxygen atoms in total. The van der Waals surface area contributed by atoms with Gasteiger partial charge in [-0.25, -0.2) is 19.7 Å². The van der Waals surface area contributed by atoms with Gasteiger partial charge in [-0.05, 0) is 32.9 Å². The number of methoxy groups -OCH3 is 1. The lowest BCUT2D eigenvalue weighted by Crippen LogP contribution is -2.58. The fraction of sp³-hybridized carbons (Fsp3) is 0.348. The smallest absolute Gasteiger partial charge is 0.410 e. The summed E-state index contributed by atoms with van der Waals surface area (Å²) in [6.45, 7) is 6.63. The molecule has 0 spiro atoms. The molecule has 0 saturated carbocycles. The molecule has 1 aliphatic rings. The topological polar surface area (TPSA) is 112 Å². The average Bonchev–Trinajstić information content (AvgIpc) is 2.75. The number of hydrogen-bond acceptors (Lipinski definition) is 9. The van der Waals surface area contributed by atoms with Gasteiger partial charge in [0.25, 0.3) is 0 Å². The van der Waals surface area contributed by atoms with E-state index >= 15 is 0 Å². The Balaban J connectivity index is 1.35. The number of likely N-dealkylation sites (tertiary alicyclic amines) is 1. The molecule has 3 aromatic rings. The molecule has 0 bridgehead atoms. The molecule has 1 aliphatic heterocycles. The number of carbonyl (C=O) groups excluding carboxylic acids is 1. The number of aromatic nitrogens is 4. The van der Waals surface area contributed by atoms with Crippen LogP contribution in [0.1, 0.15) is 20.8 Å². The summed E-state index contributed by atoms with van der Waals surface area (Å²) in [4.78, 5) is 31.1. The maximum Gasteiger partial charge on any atom is 0.410 e. The molecule has 0 atom stereocenters. The number of rotatable bonds is 6. The minimum Gasteiger partial charge on any atom is -0.497 e. The van der Waals surface area contributed by atoms with Crippen LogP contribution in [0.4, 0.5) is 10.6 Å². The largest absolute Gasteiger partial charge is 0.497 e. The van der Waals surface area contributed by atoms with Crippen LogP contribution in [0.25, 0.3) is 11.3 Å². The summed E-state index contributed by atoms with van der Waals surface area (Å²) in [6.07, 6.45) is 6.23. The number of benzene rings is 1. The Morgan fingerprint density at radius 1 is 1.09 bits per heavy atom. The highest BCUT2D eigenvalue weighted by Gasteiger charge is 2.33. The van der Waals surface area contributed by atoms with Crippen LogP contribution in [0.2, 0.25) is 0 Å². The van der Waals surface area contributed by atoms with Gasteiger partial charge in [-0.1, -0.05) is 6.07 Å². The fourth-order valence-corrected chi connectivity index (χ4v) is 3.10. The third kappa shape index (κ3) is 5.85. The van der Waals surface area contributed by atoms with Crippen molar-refractivity contribution in [3.8, 4) is 28.8 Å². The third-order valence-electron chi connectivity index (χ3n) is 4.69. The zero-order valence-electron chi connectivity index (χ0n) is 19.0. The molecule has 0 aliphatic carbocycles. The van der Waals surface area contributed by atoms with Crippen molar-refractivity contribution >= 4 is 11.9 Å². The van der Waals surface area contributed by atoms with E-state index in [9.17, 15) is 4.79 Å². The van der Waals surface area contributed by atoms with Crippen molar-refractivity contribution in [2.75, 3.05) is 25.5 Å². The van der Waals surface area contributed by atoms with Crippen LogP contribution < -0.4 is 14.8 Å². The fourth-order valence-electron chi connectivity index (χ4n) is 3.10. The number of anilines is 1. The monoisotopic (exact) mass is 450 g/mol. The highest BCUT2D eigenvalue weighted by atomic mass is 16.6. The van der Waals surface area contributed by atoms with Gasteiger partial charge in [0.2, 0.25) is 0 Å². The van der Waals surface area contributed by atoms with Crippen molar-refractivity contribution in [3.63, 3.8) is 0 Å². The second-order valence-electron chi connectivity index (χ2n) is 8.55. The molecule has 2 aromatic heterocycles. The van der Waals surface area contributed by atoms with Gasteiger partial charge in [0.15, 0.2) is 0 Å². The molecular formula is C23H26N6O4. The van der Waals surface area contributed by atoms with E-state index in [2.05, 4.69) is 25.3 Å². The molecule has 1 aromatic carbocycles. The summed E-state index contributed by atoms with van der Waals surface area (Å²) < 4.78 is 16.2. The molecule has 0 radical (unpaired) electrons. The normalized spacial score (nSPS) is 13.8. The van der Waals surface area contributed by atoms with Crippen molar-refractivity contribution in [1.29, 1.82) is 0 Å². The van der Waals surface area contributed by atoms with Gasteiger partial charge in [-0.3, -0.25) is 4.98 Å². The first-order chi connectivity index (χ1) is 15.8. The maximum atomic E-state index is 12.1. The van der Waals surface area contributed by atoms with Crippen molar-refractivity contribution in [2.24, 2.45) is 0 Å². The molecular weight excluding hydrogens is 424 g/mol. The minimum absolute atomic E-state index is 0.0805. The van der Waals surface area contributed by atoms with E-state index < -0.39 is 5.60 Å². The summed E-state index contributed by atoms with van der Waals surface area (Å²) in [5, 5.41) is 3.29. The molecule has 1 N–H and O–H groups in total. The van der Waals surface area contributed by atoms with Crippen molar-refractivity contribution in [1.82, 2.24) is 24.8 Å². The third-order valence-corrected chi connectivity index (χ3v) is 4.69. The number of amides is 1. The summed E-state index contributed by atoms with van der Waals surface area (Å²) >= 11 is 0. The van der Waals surface area contributed by atoms with Gasteiger partial charge < -0.3 is 24.4 Å². The SMILES string of the molecule is COc1cccc(Oc2ncc(-c3cncc(NC4CN(C(=O)OC(C)(C)C)C4)n3)cn2)c1. The molecule has 0 unspecified atom stereocenters. The Kier molecular flexibility index (Phi) is 6.25. The lowest BCUT2D eigenvalue weighted by Gasteiger charge is -2.40. The average molecular weight is 450 g/mol. The summed E-state index contributed by atoms with van der Waals surface area (Å²) in [7, 11) is 1.59. The van der Waals surface area contributed by atoms with E-state index in [0.717, 1.165) is 0 Å². The van der Waals surface area contributed by atoms with E-state index in [0.29, 0.717) is 41.7 Å². The number of ether oxygens (including phenoxy) is 3. The van der Waals surface area contributed by atoms with Gasteiger partial charge in [-0.2, -0.15) is 0 Å². The molecule has 33 heavy (non-hydrogen) atoms. The Morgan fingerprint density at radius 3 is 2.52 bits per heavy atom. The van der Waals surface area contributed by atoms with Crippen LogP contribution >= 0.6 is 0 Å². The lowest BCUT2D eigenvalue weighted by atomic mass is 10.1. The zero-order valence-corrected chi connectivity index (χ0v) is 19.0. The van der Waals surface area contributed by atoms with Gasteiger partial charge in [0, 0.05) is 37.1 Å². The second kappa shape index (κ2) is 9.27. The van der Waals surface area contributed by atoms with E-state index in [1.807, 2.05) is 32.9 Å². The first-order valence-electron chi connectivity index (χ1n) is 10.5. The van der Waals surface area contributed by atoms with Crippen LogP contribution in [0.15, 0.2) is 49.1 Å². The van der Waals surface area contributed by atoms with Crippen molar-refractivity contribution in [2.45, 2.75) is 32.4 Å². The first-order valence-corrected chi connectivity index (χ1v) is 10.5. The van der Waals surface area contributed by atoms with E-state index in [1.54, 1.807) is 48.9 Å². The van der Waals surface area contributed by atoms with Crippen LogP contribution in [0.3, 0.4) is 0 Å². The lowest BCUT2D eigenvalue weighted by molar-refractivity contribution is 0.0104. The Bertz CT molecular complexity index is 1110. The Labute approximate surface area is 192 Å². The Hall–Kier alpha value is -3.95. The van der Waals surface area contributed by atoms with Crippen molar-refractivity contribution in [3.05, 3.63) is 49.1 Å². The zero-order chi connectivity index (χ0) is 23.4. The number of hydrogen-bond donors (Lipinski definition) is 1. The van der Waals surface area contributed by atoms with Gasteiger partial charge in [0.05, 0.1) is 31.2 Å². The molecule has 4 rings (SSSR count). The predicted molar refractivity (Wildman–Crippen MR) is 121 cm³/mol. The molecule has 172 valence electrons. The highest BCUT2D eigenvalue weighted by molar-refractivity contribution is 5.69. The Morgan fingerprint density at radius 2 is 1.82 bits per heavy atom. The maximum absolute atomic E-state index is 12.1. The van der Waals surface area contributed by atoms with Crippen LogP contribution in [0, 0.1) is 0 Å². The predicted octanol–water partition coefficient (Wildman–Crippen LogP) is 3.77. The summed E-state index contributed by atoms with van der Waals surface area (Å²) in [6, 6.07) is 7.50.